The molecule has 1 aliphatic rings. The van der Waals surface area contributed by atoms with Gasteiger partial charge in [0.15, 0.2) is 0 Å². The molecule has 0 aromatic rings. The van der Waals surface area contributed by atoms with E-state index in [2.05, 4.69) is 19.2 Å². The van der Waals surface area contributed by atoms with Crippen LogP contribution in [0.15, 0.2) is 0 Å². The van der Waals surface area contributed by atoms with Crippen LogP contribution in [0.2, 0.25) is 0 Å². The lowest BCUT2D eigenvalue weighted by Gasteiger charge is -1.95. The summed E-state index contributed by atoms with van der Waals surface area (Å²) < 4.78 is 1.14. The Labute approximate surface area is 34.3 Å². The van der Waals surface area contributed by atoms with E-state index in [1.807, 2.05) is 0 Å². The highest BCUT2D eigenvalue weighted by Crippen LogP contribution is 1.94. The lowest BCUT2D eigenvalue weighted by atomic mass is 11.2. The lowest BCUT2D eigenvalue weighted by Crippen LogP contribution is -2.15. The average molecular weight is 89.2 g/mol. The summed E-state index contributed by atoms with van der Waals surface area (Å²) in [5, 5.41) is 3.25. The van der Waals surface area contributed by atoms with Gasteiger partial charge in [0.25, 0.3) is 0 Å². The Morgan fingerprint density at radius 3 is 1.80 bits per heavy atom. The predicted octanol–water partition coefficient (Wildman–Crippen LogP) is -1.42. The summed E-state index contributed by atoms with van der Waals surface area (Å²) >= 11 is 0. The lowest BCUT2D eigenvalue weighted by molar-refractivity contribution is -0.728. The first-order chi connectivity index (χ1) is 2.21. The Balaban J connectivity index is 2.38. The van der Waals surface area contributed by atoms with Gasteiger partial charge < -0.3 is 4.26 Å². The number of quaternary nitrogens is 1. The zero-order chi connectivity index (χ0) is 3.91. The van der Waals surface area contributed by atoms with Crippen molar-refractivity contribution in [2.75, 3.05) is 14.1 Å². The van der Waals surface area contributed by atoms with E-state index < -0.39 is 0 Å². The number of nitrogens with one attached hydrogen (secondary N) is 1. The van der Waals surface area contributed by atoms with Gasteiger partial charge in [0.2, 0.25) is 0 Å². The maximum atomic E-state index is 3.25. The molecule has 2 nitrogen and oxygen atoms in total. The van der Waals surface area contributed by atoms with Crippen LogP contribution in [-0.4, -0.2) is 28.2 Å². The second-order valence-electron chi connectivity index (χ2n) is 2.00. The molecule has 30 valence electrons. The molecule has 1 heterocycles. The minimum Gasteiger partial charge on any atom is -0.300 e. The van der Waals surface area contributed by atoms with Crippen LogP contribution in [0, 0.1) is 0 Å². The van der Waals surface area contributed by atoms with Crippen LogP contribution >= 0.6 is 0 Å². The molecular formula is C2H9N2Si+. The molecule has 0 radical (unpaired) electrons. The average Bonchev–Trinajstić information content (AvgIpc) is 1.76. The highest BCUT2D eigenvalue weighted by Gasteiger charge is 2.31. The van der Waals surface area contributed by atoms with Gasteiger partial charge in [-0.2, -0.15) is 5.09 Å². The fraction of sp³-hybridized carbons (Fsp3) is 1.00. The van der Waals surface area contributed by atoms with Gasteiger partial charge in [-0.05, 0) is 0 Å². The zero-order valence-electron chi connectivity index (χ0n) is 3.65. The van der Waals surface area contributed by atoms with E-state index in [1.54, 1.807) is 0 Å². The fourth-order valence-corrected chi connectivity index (χ4v) is 0.424. The summed E-state index contributed by atoms with van der Waals surface area (Å²) in [5.41, 5.74) is 0. The molecule has 1 saturated heterocycles. The van der Waals surface area contributed by atoms with Crippen molar-refractivity contribution in [3.8, 4) is 0 Å². The van der Waals surface area contributed by atoms with Crippen LogP contribution in [0.25, 0.3) is 0 Å². The molecule has 1 N–H and O–H groups in total. The molecule has 0 saturated carbocycles. The van der Waals surface area contributed by atoms with E-state index in [0.29, 0.717) is 0 Å². The minimum absolute atomic E-state index is 0.182. The van der Waals surface area contributed by atoms with Crippen LogP contribution in [0.3, 0.4) is 0 Å². The number of nitrogens with zero attached hydrogens (tertiary/aromatic N) is 1. The van der Waals surface area contributed by atoms with Crippen LogP contribution in [0.5, 0.6) is 0 Å². The molecule has 0 aliphatic carbocycles. The number of rotatable bonds is 0. The molecule has 1 fully saturated rings. The van der Waals surface area contributed by atoms with E-state index in [1.165, 1.54) is 0 Å². The Bertz CT molecular complexity index is 45.6. The van der Waals surface area contributed by atoms with Crippen LogP contribution < -0.4 is 5.09 Å². The Morgan fingerprint density at radius 2 is 1.80 bits per heavy atom. The van der Waals surface area contributed by atoms with Crippen molar-refractivity contribution < 1.29 is 4.26 Å². The summed E-state index contributed by atoms with van der Waals surface area (Å²) in [4.78, 5) is 0. The Morgan fingerprint density at radius 1 is 1.60 bits per heavy atom. The molecule has 0 atom stereocenters. The van der Waals surface area contributed by atoms with Crippen molar-refractivity contribution >= 4 is 9.84 Å². The third-order valence-corrected chi connectivity index (χ3v) is 2.37. The van der Waals surface area contributed by atoms with Gasteiger partial charge in [-0.25, -0.2) is 0 Å². The molecule has 5 heavy (non-hydrogen) atoms. The second-order valence-corrected chi connectivity index (χ2v) is 4.21. The molecule has 3 heteroatoms. The summed E-state index contributed by atoms with van der Waals surface area (Å²) in [7, 11) is 4.56. The molecule has 0 amide bonds. The van der Waals surface area contributed by atoms with Crippen molar-refractivity contribution in [1.29, 1.82) is 0 Å². The van der Waals surface area contributed by atoms with Crippen molar-refractivity contribution in [1.82, 2.24) is 5.09 Å². The standard InChI is InChI=1S/C2H9N2Si/c1-4(2)3-5-4/h3H,5H2,1-2H3/q+1. The van der Waals surface area contributed by atoms with Gasteiger partial charge in [-0.3, -0.25) is 0 Å². The highest BCUT2D eigenvalue weighted by atomic mass is 28.2. The summed E-state index contributed by atoms with van der Waals surface area (Å²) in [6.45, 7) is 0. The monoisotopic (exact) mass is 89.1 g/mol. The van der Waals surface area contributed by atoms with Crippen molar-refractivity contribution in [3.63, 3.8) is 0 Å². The Kier molecular flexibility index (Phi) is 0.410. The molecule has 0 unspecified atom stereocenters. The first kappa shape index (κ1) is 3.33. The van der Waals surface area contributed by atoms with Crippen molar-refractivity contribution in [2.24, 2.45) is 0 Å². The van der Waals surface area contributed by atoms with E-state index >= 15 is 0 Å². The first-order valence-corrected chi connectivity index (χ1v) is 3.13. The van der Waals surface area contributed by atoms with Gasteiger partial charge in [-0.15, -0.1) is 0 Å². The fourth-order valence-electron chi connectivity index (χ4n) is 0.141. The third kappa shape index (κ3) is 0.716. The van der Waals surface area contributed by atoms with Crippen LogP contribution in [0.1, 0.15) is 0 Å². The first-order valence-electron chi connectivity index (χ1n) is 1.79. The van der Waals surface area contributed by atoms with E-state index in [9.17, 15) is 0 Å². The van der Waals surface area contributed by atoms with Crippen molar-refractivity contribution in [2.45, 2.75) is 0 Å². The van der Waals surface area contributed by atoms with Gasteiger partial charge in [0, 0.05) is 0 Å². The summed E-state index contributed by atoms with van der Waals surface area (Å²) in [6.07, 6.45) is 0. The summed E-state index contributed by atoms with van der Waals surface area (Å²) in [6, 6.07) is 0. The topological polar surface area (TPSA) is 21.9 Å². The Hall–Kier alpha value is 0.137. The van der Waals surface area contributed by atoms with Gasteiger partial charge in [-0.1, -0.05) is 0 Å². The predicted molar refractivity (Wildman–Crippen MR) is 23.8 cm³/mol. The molecule has 0 aromatic carbocycles. The molecule has 0 bridgehead atoms. The maximum Gasteiger partial charge on any atom is 0.397 e. The van der Waals surface area contributed by atoms with Gasteiger partial charge in [0.05, 0.1) is 14.1 Å². The van der Waals surface area contributed by atoms with Gasteiger partial charge in [0.1, 0.15) is 0 Å². The molecule has 0 spiro atoms. The zero-order valence-corrected chi connectivity index (χ0v) is 5.07. The quantitative estimate of drug-likeness (QED) is 0.285. The van der Waals surface area contributed by atoms with E-state index in [-0.39, 0.29) is 9.84 Å². The third-order valence-electron chi connectivity index (χ3n) is 0.791. The van der Waals surface area contributed by atoms with E-state index in [0.717, 1.165) is 4.26 Å². The molecule has 0 aromatic heterocycles. The highest BCUT2D eigenvalue weighted by molar-refractivity contribution is 6.29. The molecule has 1 aliphatic heterocycles. The smallest absolute Gasteiger partial charge is 0.300 e. The molecular weight excluding hydrogens is 80.1 g/mol. The van der Waals surface area contributed by atoms with Crippen molar-refractivity contribution in [3.05, 3.63) is 0 Å². The second kappa shape index (κ2) is 0.615. The SMILES string of the molecule is C[N+]1(C)N[SiH2]1. The number of hydrogen-bond donors (Lipinski definition) is 1. The largest absolute Gasteiger partial charge is 0.397 e. The maximum absolute atomic E-state index is 3.25. The van der Waals surface area contributed by atoms with Crippen LogP contribution in [0.4, 0.5) is 0 Å². The van der Waals surface area contributed by atoms with Crippen LogP contribution in [-0.2, 0) is 0 Å². The van der Waals surface area contributed by atoms with Gasteiger partial charge >= 0.3 is 9.84 Å². The minimum atomic E-state index is 0.182. The number of hydrogen-bond acceptors (Lipinski definition) is 1. The summed E-state index contributed by atoms with van der Waals surface area (Å²) in [5.74, 6) is 0. The van der Waals surface area contributed by atoms with E-state index in [4.69, 9.17) is 0 Å². The normalized spacial score (nSPS) is 34.8. The molecule has 1 rings (SSSR count).